The van der Waals surface area contributed by atoms with Gasteiger partial charge in [-0.05, 0) is 24.5 Å². The summed E-state index contributed by atoms with van der Waals surface area (Å²) >= 11 is 0. The normalized spacial score (nSPS) is 9.86. The summed E-state index contributed by atoms with van der Waals surface area (Å²) in [6.07, 6.45) is 2.31. The monoisotopic (exact) mass is 195 g/mol. The second-order valence-electron chi connectivity index (χ2n) is 3.05. The van der Waals surface area contributed by atoms with Gasteiger partial charge in [-0.2, -0.15) is 0 Å². The molecule has 0 aliphatic carbocycles. The third-order valence-corrected chi connectivity index (χ3v) is 2.01. The Balaban J connectivity index is 2.73. The molecule has 0 bridgehead atoms. The Morgan fingerprint density at radius 3 is 2.86 bits per heavy atom. The number of ether oxygens (including phenoxy) is 1. The van der Waals surface area contributed by atoms with Crippen molar-refractivity contribution in [3.63, 3.8) is 0 Å². The molecule has 76 valence electrons. The highest BCUT2D eigenvalue weighted by Crippen LogP contribution is 2.14. The zero-order valence-corrected chi connectivity index (χ0v) is 8.28. The average Bonchev–Trinajstić information content (AvgIpc) is 2.15. The van der Waals surface area contributed by atoms with Gasteiger partial charge >= 0.3 is 5.97 Å². The Bertz CT molecular complexity index is 336. The number of rotatable bonds is 4. The quantitative estimate of drug-likeness (QED) is 0.789. The summed E-state index contributed by atoms with van der Waals surface area (Å²) in [5, 5.41) is 8.52. The highest BCUT2D eigenvalue weighted by molar-refractivity contribution is 5.67. The first kappa shape index (κ1) is 10.5. The van der Waals surface area contributed by atoms with Crippen LogP contribution in [0.3, 0.4) is 0 Å². The van der Waals surface area contributed by atoms with Crippen molar-refractivity contribution in [3.05, 3.63) is 23.4 Å². The first-order valence-corrected chi connectivity index (χ1v) is 4.35. The van der Waals surface area contributed by atoms with Crippen LogP contribution in [0, 0.1) is 6.92 Å². The molecule has 0 aromatic carbocycles. The van der Waals surface area contributed by atoms with Crippen molar-refractivity contribution in [3.8, 4) is 5.88 Å². The van der Waals surface area contributed by atoms with Gasteiger partial charge in [0.05, 0.1) is 7.11 Å². The fourth-order valence-corrected chi connectivity index (χ4v) is 1.17. The van der Waals surface area contributed by atoms with Gasteiger partial charge in [-0.15, -0.1) is 0 Å². The summed E-state index contributed by atoms with van der Waals surface area (Å²) in [7, 11) is 1.55. The zero-order chi connectivity index (χ0) is 10.6. The van der Waals surface area contributed by atoms with Crippen LogP contribution in [0.2, 0.25) is 0 Å². The van der Waals surface area contributed by atoms with Crippen molar-refractivity contribution in [2.75, 3.05) is 7.11 Å². The summed E-state index contributed by atoms with van der Waals surface area (Å²) in [6, 6.07) is 1.80. The molecule has 1 N–H and O–H groups in total. The van der Waals surface area contributed by atoms with Crippen LogP contribution in [0.25, 0.3) is 0 Å². The highest BCUT2D eigenvalue weighted by Gasteiger charge is 2.04. The maximum Gasteiger partial charge on any atom is 0.303 e. The predicted molar refractivity (Wildman–Crippen MR) is 51.5 cm³/mol. The Morgan fingerprint density at radius 1 is 1.64 bits per heavy atom. The minimum Gasteiger partial charge on any atom is -0.481 e. The minimum atomic E-state index is -0.791. The molecule has 0 spiro atoms. The predicted octanol–water partition coefficient (Wildman–Crippen LogP) is 1.42. The highest BCUT2D eigenvalue weighted by atomic mass is 16.5. The zero-order valence-electron chi connectivity index (χ0n) is 8.28. The molecule has 4 heteroatoms. The summed E-state index contributed by atoms with van der Waals surface area (Å²) in [4.78, 5) is 14.4. The van der Waals surface area contributed by atoms with E-state index in [1.807, 2.05) is 6.92 Å². The first-order chi connectivity index (χ1) is 6.63. The molecule has 1 heterocycles. The lowest BCUT2D eigenvalue weighted by Gasteiger charge is -2.05. The second-order valence-corrected chi connectivity index (χ2v) is 3.05. The summed E-state index contributed by atoms with van der Waals surface area (Å²) in [6.45, 7) is 1.92. The van der Waals surface area contributed by atoms with Gasteiger partial charge in [-0.1, -0.05) is 0 Å². The molecule has 0 amide bonds. The van der Waals surface area contributed by atoms with Crippen LogP contribution < -0.4 is 4.74 Å². The number of carbonyl (C=O) groups is 1. The van der Waals surface area contributed by atoms with Crippen LogP contribution in [0.4, 0.5) is 0 Å². The number of carboxylic acids is 1. The third kappa shape index (κ3) is 2.73. The molecule has 1 rings (SSSR count). The lowest BCUT2D eigenvalue weighted by Crippen LogP contribution is -2.00. The molecular weight excluding hydrogens is 182 g/mol. The van der Waals surface area contributed by atoms with E-state index in [2.05, 4.69) is 4.98 Å². The van der Waals surface area contributed by atoms with Gasteiger partial charge in [0.2, 0.25) is 5.88 Å². The summed E-state index contributed by atoms with van der Waals surface area (Å²) < 4.78 is 4.95. The number of nitrogens with zero attached hydrogens (tertiary/aromatic N) is 1. The van der Waals surface area contributed by atoms with E-state index in [9.17, 15) is 4.79 Å². The Morgan fingerprint density at radius 2 is 2.36 bits per heavy atom. The van der Waals surface area contributed by atoms with E-state index in [-0.39, 0.29) is 6.42 Å². The van der Waals surface area contributed by atoms with E-state index in [0.29, 0.717) is 12.3 Å². The Labute approximate surface area is 82.5 Å². The topological polar surface area (TPSA) is 59.4 Å². The maximum absolute atomic E-state index is 10.4. The molecule has 4 nitrogen and oxygen atoms in total. The van der Waals surface area contributed by atoms with Crippen molar-refractivity contribution in [2.24, 2.45) is 0 Å². The molecule has 1 aromatic rings. The lowest BCUT2D eigenvalue weighted by molar-refractivity contribution is -0.136. The van der Waals surface area contributed by atoms with Gasteiger partial charge in [0.15, 0.2) is 0 Å². The van der Waals surface area contributed by atoms with E-state index in [1.165, 1.54) is 0 Å². The number of pyridine rings is 1. The number of aryl methyl sites for hydroxylation is 2. The van der Waals surface area contributed by atoms with Crippen LogP contribution in [-0.2, 0) is 11.2 Å². The molecule has 1 aromatic heterocycles. The number of hydrogen-bond donors (Lipinski definition) is 1. The fraction of sp³-hybridized carbons (Fsp3) is 0.400. The van der Waals surface area contributed by atoms with Gasteiger partial charge in [-0.3, -0.25) is 4.79 Å². The smallest absolute Gasteiger partial charge is 0.303 e. The molecule has 0 unspecified atom stereocenters. The van der Waals surface area contributed by atoms with E-state index in [4.69, 9.17) is 9.84 Å². The lowest BCUT2D eigenvalue weighted by atomic mass is 10.1. The van der Waals surface area contributed by atoms with E-state index < -0.39 is 5.97 Å². The van der Waals surface area contributed by atoms with Gasteiger partial charge in [-0.25, -0.2) is 4.98 Å². The van der Waals surface area contributed by atoms with Crippen molar-refractivity contribution in [1.29, 1.82) is 0 Å². The molecule has 0 saturated carbocycles. The summed E-state index contributed by atoms with van der Waals surface area (Å²) in [5.41, 5.74) is 1.96. The van der Waals surface area contributed by atoms with Crippen LogP contribution in [0.1, 0.15) is 17.5 Å². The average molecular weight is 195 g/mol. The summed E-state index contributed by atoms with van der Waals surface area (Å²) in [5.74, 6) is -0.234. The number of aliphatic carboxylic acids is 1. The SMILES string of the molecule is COc1cc(C)c(CCC(=O)O)cn1. The Kier molecular flexibility index (Phi) is 3.45. The molecule has 0 atom stereocenters. The first-order valence-electron chi connectivity index (χ1n) is 4.35. The van der Waals surface area contributed by atoms with Gasteiger partial charge < -0.3 is 9.84 Å². The fourth-order valence-electron chi connectivity index (χ4n) is 1.17. The second kappa shape index (κ2) is 4.60. The van der Waals surface area contributed by atoms with Crippen LogP contribution >= 0.6 is 0 Å². The Hall–Kier alpha value is -1.58. The maximum atomic E-state index is 10.4. The van der Waals surface area contributed by atoms with Crippen molar-refractivity contribution in [1.82, 2.24) is 4.98 Å². The van der Waals surface area contributed by atoms with Crippen molar-refractivity contribution >= 4 is 5.97 Å². The number of hydrogen-bond acceptors (Lipinski definition) is 3. The number of methoxy groups -OCH3 is 1. The standard InChI is InChI=1S/C10H13NO3/c1-7-5-9(14-2)11-6-8(7)3-4-10(12)13/h5-6H,3-4H2,1-2H3,(H,12,13). The number of carboxylic acid groups (broad SMARTS) is 1. The molecule has 0 radical (unpaired) electrons. The van der Waals surface area contributed by atoms with Crippen LogP contribution in [-0.4, -0.2) is 23.2 Å². The molecule has 0 aliphatic heterocycles. The molecule has 14 heavy (non-hydrogen) atoms. The van der Waals surface area contributed by atoms with Crippen molar-refractivity contribution in [2.45, 2.75) is 19.8 Å². The van der Waals surface area contributed by atoms with Crippen LogP contribution in [0.5, 0.6) is 5.88 Å². The molecular formula is C10H13NO3. The van der Waals surface area contributed by atoms with E-state index in [1.54, 1.807) is 19.4 Å². The van der Waals surface area contributed by atoms with Gasteiger partial charge in [0.1, 0.15) is 0 Å². The van der Waals surface area contributed by atoms with E-state index in [0.717, 1.165) is 11.1 Å². The molecule has 0 aliphatic rings. The van der Waals surface area contributed by atoms with Crippen LogP contribution in [0.15, 0.2) is 12.3 Å². The van der Waals surface area contributed by atoms with Gasteiger partial charge in [0.25, 0.3) is 0 Å². The largest absolute Gasteiger partial charge is 0.481 e. The van der Waals surface area contributed by atoms with E-state index >= 15 is 0 Å². The number of aromatic nitrogens is 1. The van der Waals surface area contributed by atoms with Gasteiger partial charge in [0, 0.05) is 18.7 Å². The molecule has 0 saturated heterocycles. The molecule has 0 fully saturated rings. The third-order valence-electron chi connectivity index (χ3n) is 2.01. The van der Waals surface area contributed by atoms with Crippen molar-refractivity contribution < 1.29 is 14.6 Å². The minimum absolute atomic E-state index is 0.134.